The van der Waals surface area contributed by atoms with Gasteiger partial charge in [0.1, 0.15) is 5.75 Å². The summed E-state index contributed by atoms with van der Waals surface area (Å²) in [5, 5.41) is 15.8. The maximum Gasteiger partial charge on any atom is 0.569 e. The summed E-state index contributed by atoms with van der Waals surface area (Å²) in [6.45, 7) is 0. The fourth-order valence-electron chi connectivity index (χ4n) is 2.91. The maximum absolute atomic E-state index is 8.89. The highest BCUT2D eigenvalue weighted by atomic mass is 16.5. The van der Waals surface area contributed by atoms with Crippen LogP contribution in [-0.2, 0) is 0 Å². The lowest BCUT2D eigenvalue weighted by Crippen LogP contribution is -2.00. The molecule has 0 aliphatic rings. The van der Waals surface area contributed by atoms with Crippen LogP contribution in [0.2, 0.25) is 0 Å². The minimum Gasteiger partial charge on any atom is -0.537 e. The van der Waals surface area contributed by atoms with Crippen molar-refractivity contribution in [3.8, 4) is 5.75 Å². The van der Waals surface area contributed by atoms with Gasteiger partial charge >= 0.3 is 7.69 Å². The van der Waals surface area contributed by atoms with Gasteiger partial charge in [-0.3, -0.25) is 0 Å². The second-order valence-electron chi connectivity index (χ2n) is 5.06. The van der Waals surface area contributed by atoms with Crippen LogP contribution in [0.4, 0.5) is 0 Å². The molecule has 99 valence electrons. The van der Waals surface area contributed by atoms with Gasteiger partial charge in [0.15, 0.2) is 0 Å². The molecule has 0 spiro atoms. The van der Waals surface area contributed by atoms with Gasteiger partial charge in [-0.1, -0.05) is 48.5 Å². The number of benzene rings is 4. The van der Waals surface area contributed by atoms with Gasteiger partial charge in [0, 0.05) is 5.39 Å². The number of fused-ring (bicyclic) bond motifs is 4. The van der Waals surface area contributed by atoms with E-state index in [1.54, 1.807) is 0 Å². The Labute approximate surface area is 122 Å². The third kappa shape index (κ3) is 1.94. The second-order valence-corrected chi connectivity index (χ2v) is 5.06. The molecule has 0 fully saturated rings. The van der Waals surface area contributed by atoms with E-state index in [2.05, 4.69) is 48.5 Å². The summed E-state index contributed by atoms with van der Waals surface area (Å²) >= 11 is 0. The molecule has 21 heavy (non-hydrogen) atoms. The molecule has 4 aromatic carbocycles. The zero-order valence-electron chi connectivity index (χ0n) is 11.3. The van der Waals surface area contributed by atoms with E-state index in [1.807, 2.05) is 18.2 Å². The van der Waals surface area contributed by atoms with Crippen LogP contribution >= 0.6 is 0 Å². The summed E-state index contributed by atoms with van der Waals surface area (Å²) in [7, 11) is 0.722. The molecule has 0 atom stereocenters. The minimum atomic E-state index is 0.657. The van der Waals surface area contributed by atoms with E-state index in [0.717, 1.165) is 18.5 Å². The molecule has 3 heteroatoms. The quantitative estimate of drug-likeness (QED) is 0.338. The van der Waals surface area contributed by atoms with Gasteiger partial charge in [-0.05, 0) is 45.1 Å². The standard InChI is InChI=1S/C18H12BO2/c20-19-21-18-7-3-6-15-16(18)9-8-14-10-12-4-1-2-5-13(12)11-17(14)15/h1-11,20H. The normalized spacial score (nSPS) is 11.1. The Hall–Kier alpha value is -2.52. The lowest BCUT2D eigenvalue weighted by atomic mass is 9.98. The van der Waals surface area contributed by atoms with Gasteiger partial charge in [0.2, 0.25) is 0 Å². The average molecular weight is 271 g/mol. The van der Waals surface area contributed by atoms with Crippen molar-refractivity contribution in [3.05, 3.63) is 66.7 Å². The topological polar surface area (TPSA) is 29.5 Å². The van der Waals surface area contributed by atoms with Crippen LogP contribution in [-0.4, -0.2) is 12.7 Å². The van der Waals surface area contributed by atoms with Crippen molar-refractivity contribution in [2.75, 3.05) is 0 Å². The first-order chi connectivity index (χ1) is 10.4. The van der Waals surface area contributed by atoms with Gasteiger partial charge in [0.25, 0.3) is 0 Å². The molecule has 4 aromatic rings. The van der Waals surface area contributed by atoms with Crippen molar-refractivity contribution in [2.24, 2.45) is 0 Å². The fraction of sp³-hybridized carbons (Fsp3) is 0. The molecular formula is C18H12BO2. The molecule has 1 radical (unpaired) electrons. The Bertz CT molecular complexity index is 963. The van der Waals surface area contributed by atoms with Crippen LogP contribution in [0.5, 0.6) is 5.75 Å². The predicted octanol–water partition coefficient (Wildman–Crippen LogP) is 4.05. The smallest absolute Gasteiger partial charge is 0.537 e. The van der Waals surface area contributed by atoms with E-state index in [-0.39, 0.29) is 0 Å². The first kappa shape index (κ1) is 12.2. The summed E-state index contributed by atoms with van der Waals surface area (Å²) in [6.07, 6.45) is 0. The van der Waals surface area contributed by atoms with Gasteiger partial charge in [-0.25, -0.2) is 0 Å². The summed E-state index contributed by atoms with van der Waals surface area (Å²) in [5.74, 6) is 0.657. The zero-order valence-corrected chi connectivity index (χ0v) is 11.3. The van der Waals surface area contributed by atoms with Crippen LogP contribution in [0.15, 0.2) is 66.7 Å². The molecule has 0 aromatic heterocycles. The highest BCUT2D eigenvalue weighted by molar-refractivity contribution is 6.19. The Morgan fingerprint density at radius 1 is 0.667 bits per heavy atom. The largest absolute Gasteiger partial charge is 0.569 e. The highest BCUT2D eigenvalue weighted by Gasteiger charge is 2.07. The van der Waals surface area contributed by atoms with Gasteiger partial charge < -0.3 is 9.68 Å². The van der Waals surface area contributed by atoms with Crippen molar-refractivity contribution >= 4 is 40.0 Å². The van der Waals surface area contributed by atoms with Gasteiger partial charge in [-0.15, -0.1) is 0 Å². The molecule has 0 heterocycles. The third-order valence-corrected chi connectivity index (χ3v) is 3.88. The monoisotopic (exact) mass is 271 g/mol. The van der Waals surface area contributed by atoms with Crippen molar-refractivity contribution < 1.29 is 9.68 Å². The number of hydrogen-bond acceptors (Lipinski definition) is 2. The molecule has 0 bridgehead atoms. The molecule has 0 unspecified atom stereocenters. The van der Waals surface area contributed by atoms with Gasteiger partial charge in [-0.2, -0.15) is 0 Å². The number of rotatable bonds is 2. The van der Waals surface area contributed by atoms with E-state index < -0.39 is 0 Å². The summed E-state index contributed by atoms with van der Waals surface area (Å²) < 4.78 is 5.19. The SMILES string of the molecule is O[B]Oc1cccc2c1ccc1cc3ccccc3cc12. The molecule has 4 rings (SSSR count). The Balaban J connectivity index is 2.12. The molecule has 1 N–H and O–H groups in total. The van der Waals surface area contributed by atoms with Crippen LogP contribution < -0.4 is 4.65 Å². The summed E-state index contributed by atoms with van der Waals surface area (Å²) in [6, 6.07) is 22.8. The molecule has 0 saturated carbocycles. The molecule has 0 saturated heterocycles. The van der Waals surface area contributed by atoms with Crippen molar-refractivity contribution in [2.45, 2.75) is 0 Å². The number of hydrogen-bond donors (Lipinski definition) is 1. The molecule has 2 nitrogen and oxygen atoms in total. The average Bonchev–Trinajstić information content (AvgIpc) is 2.53. The molecule has 0 aliphatic heterocycles. The minimum absolute atomic E-state index is 0.657. The summed E-state index contributed by atoms with van der Waals surface area (Å²) in [4.78, 5) is 0. The second kappa shape index (κ2) is 4.79. The Morgan fingerprint density at radius 2 is 1.48 bits per heavy atom. The Morgan fingerprint density at radius 3 is 2.29 bits per heavy atom. The third-order valence-electron chi connectivity index (χ3n) is 3.88. The summed E-state index contributed by atoms with van der Waals surface area (Å²) in [5.41, 5.74) is 0. The van der Waals surface area contributed by atoms with Crippen molar-refractivity contribution in [3.63, 3.8) is 0 Å². The zero-order chi connectivity index (χ0) is 14.2. The van der Waals surface area contributed by atoms with E-state index in [4.69, 9.17) is 9.68 Å². The van der Waals surface area contributed by atoms with E-state index >= 15 is 0 Å². The Kier molecular flexibility index (Phi) is 2.79. The molecule has 0 aliphatic carbocycles. The van der Waals surface area contributed by atoms with Crippen molar-refractivity contribution in [1.29, 1.82) is 0 Å². The molecule has 0 amide bonds. The highest BCUT2D eigenvalue weighted by Crippen LogP contribution is 2.33. The van der Waals surface area contributed by atoms with Crippen LogP contribution in [0, 0.1) is 0 Å². The maximum atomic E-state index is 8.89. The molecular weight excluding hydrogens is 259 g/mol. The van der Waals surface area contributed by atoms with Crippen LogP contribution in [0.3, 0.4) is 0 Å². The van der Waals surface area contributed by atoms with Crippen molar-refractivity contribution in [1.82, 2.24) is 0 Å². The lowest BCUT2D eigenvalue weighted by molar-refractivity contribution is 0.457. The van der Waals surface area contributed by atoms with E-state index in [0.29, 0.717) is 5.75 Å². The lowest BCUT2D eigenvalue weighted by Gasteiger charge is -2.10. The predicted molar refractivity (Wildman–Crippen MR) is 87.6 cm³/mol. The van der Waals surface area contributed by atoms with Crippen LogP contribution in [0.1, 0.15) is 0 Å². The van der Waals surface area contributed by atoms with E-state index in [1.165, 1.54) is 21.5 Å². The first-order valence-electron chi connectivity index (χ1n) is 6.83. The first-order valence-corrected chi connectivity index (χ1v) is 6.83. The van der Waals surface area contributed by atoms with Crippen LogP contribution in [0.25, 0.3) is 32.3 Å². The fourth-order valence-corrected chi connectivity index (χ4v) is 2.91. The van der Waals surface area contributed by atoms with E-state index in [9.17, 15) is 0 Å². The van der Waals surface area contributed by atoms with Gasteiger partial charge in [0.05, 0.1) is 0 Å².